The van der Waals surface area contributed by atoms with Crippen LogP contribution in [0.1, 0.15) is 29.2 Å². The number of carbonyl (C=O) groups excluding carboxylic acids is 1. The highest BCUT2D eigenvalue weighted by molar-refractivity contribution is 5.78. The molecule has 2 aromatic carbocycles. The maximum atomic E-state index is 12.6. The Morgan fingerprint density at radius 3 is 2.68 bits per heavy atom. The van der Waals surface area contributed by atoms with Gasteiger partial charge < -0.3 is 14.8 Å². The fraction of sp³-hybridized carbons (Fsp3) is 0.435. The van der Waals surface area contributed by atoms with Crippen molar-refractivity contribution in [3.63, 3.8) is 0 Å². The first-order valence-electron chi connectivity index (χ1n) is 10.2. The normalized spacial score (nSPS) is 17.7. The second-order valence-corrected chi connectivity index (χ2v) is 7.52. The van der Waals surface area contributed by atoms with E-state index in [0.717, 1.165) is 57.0 Å². The zero-order valence-electron chi connectivity index (χ0n) is 16.2. The van der Waals surface area contributed by atoms with Gasteiger partial charge in [0, 0.05) is 19.6 Å². The Labute approximate surface area is 166 Å². The van der Waals surface area contributed by atoms with Gasteiger partial charge in [-0.05, 0) is 48.1 Å². The van der Waals surface area contributed by atoms with Crippen LogP contribution in [-0.4, -0.2) is 50.3 Å². The van der Waals surface area contributed by atoms with Crippen LogP contribution in [0.2, 0.25) is 0 Å². The average molecular weight is 380 g/mol. The molecule has 0 spiro atoms. The van der Waals surface area contributed by atoms with E-state index >= 15 is 0 Å². The number of hydrogen-bond acceptors (Lipinski definition) is 4. The number of nitrogens with one attached hydrogen (secondary N) is 1. The van der Waals surface area contributed by atoms with Gasteiger partial charge in [0.05, 0.1) is 19.3 Å². The van der Waals surface area contributed by atoms with E-state index in [9.17, 15) is 4.79 Å². The molecule has 0 unspecified atom stereocenters. The lowest BCUT2D eigenvalue weighted by molar-refractivity contribution is -0.124. The summed E-state index contributed by atoms with van der Waals surface area (Å²) in [6.07, 6.45) is 3.46. The Hall–Kier alpha value is -2.37. The van der Waals surface area contributed by atoms with Crippen LogP contribution in [0.4, 0.5) is 0 Å². The lowest BCUT2D eigenvalue weighted by Gasteiger charge is -2.31. The van der Waals surface area contributed by atoms with Crippen LogP contribution in [0.5, 0.6) is 5.75 Å². The summed E-state index contributed by atoms with van der Waals surface area (Å²) in [5.74, 6) is 0.683. The van der Waals surface area contributed by atoms with E-state index in [-0.39, 0.29) is 18.6 Å². The number of nitrogens with zero attached hydrogens (tertiary/aromatic N) is 1. The van der Waals surface area contributed by atoms with Crippen LogP contribution in [0.25, 0.3) is 0 Å². The predicted molar refractivity (Wildman–Crippen MR) is 109 cm³/mol. The molecule has 1 amide bonds. The number of fused-ring (bicyclic) bond motifs is 1. The maximum absolute atomic E-state index is 12.6. The highest BCUT2D eigenvalue weighted by Gasteiger charge is 2.20. The molecule has 2 aliphatic rings. The van der Waals surface area contributed by atoms with Gasteiger partial charge >= 0.3 is 0 Å². The molecule has 1 aliphatic carbocycles. The zero-order valence-corrected chi connectivity index (χ0v) is 16.2. The summed E-state index contributed by atoms with van der Waals surface area (Å²) in [5, 5.41) is 3.16. The van der Waals surface area contributed by atoms with Gasteiger partial charge in [-0.15, -0.1) is 0 Å². The van der Waals surface area contributed by atoms with Crippen LogP contribution in [0.3, 0.4) is 0 Å². The Morgan fingerprint density at radius 1 is 1.07 bits per heavy atom. The first-order valence-corrected chi connectivity index (χ1v) is 10.2. The van der Waals surface area contributed by atoms with Crippen molar-refractivity contribution in [1.82, 2.24) is 10.2 Å². The van der Waals surface area contributed by atoms with Gasteiger partial charge in [0.15, 0.2) is 6.61 Å². The van der Waals surface area contributed by atoms with Crippen molar-refractivity contribution in [1.29, 1.82) is 0 Å². The van der Waals surface area contributed by atoms with E-state index in [1.807, 2.05) is 24.3 Å². The lowest BCUT2D eigenvalue weighted by Crippen LogP contribution is -2.44. The number of rotatable bonds is 7. The largest absolute Gasteiger partial charge is 0.484 e. The summed E-state index contributed by atoms with van der Waals surface area (Å²) in [5.41, 5.74) is 3.87. The number of aryl methyl sites for hydroxylation is 2. The van der Waals surface area contributed by atoms with E-state index < -0.39 is 0 Å². The van der Waals surface area contributed by atoms with Crippen LogP contribution in [0, 0.1) is 0 Å². The maximum Gasteiger partial charge on any atom is 0.258 e. The number of morpholine rings is 1. The molecule has 0 aromatic heterocycles. The molecule has 1 atom stereocenters. The van der Waals surface area contributed by atoms with E-state index in [2.05, 4.69) is 34.5 Å². The summed E-state index contributed by atoms with van der Waals surface area (Å²) >= 11 is 0. The van der Waals surface area contributed by atoms with Crippen molar-refractivity contribution in [3.05, 3.63) is 65.2 Å². The Kier molecular flexibility index (Phi) is 6.24. The summed E-state index contributed by atoms with van der Waals surface area (Å²) < 4.78 is 11.2. The third kappa shape index (κ3) is 4.91. The third-order valence-electron chi connectivity index (χ3n) is 5.52. The van der Waals surface area contributed by atoms with Crippen LogP contribution < -0.4 is 10.1 Å². The molecule has 2 aromatic rings. The molecule has 28 heavy (non-hydrogen) atoms. The van der Waals surface area contributed by atoms with Gasteiger partial charge in [0.25, 0.3) is 5.91 Å². The molecule has 1 N–H and O–H groups in total. The number of amides is 1. The molecule has 1 saturated heterocycles. The molecule has 1 aliphatic heterocycles. The van der Waals surface area contributed by atoms with E-state index in [0.29, 0.717) is 0 Å². The minimum Gasteiger partial charge on any atom is -0.484 e. The molecular formula is C23H28N2O3. The van der Waals surface area contributed by atoms with Crippen LogP contribution in [0.15, 0.2) is 48.5 Å². The molecular weight excluding hydrogens is 352 g/mol. The van der Waals surface area contributed by atoms with Crippen molar-refractivity contribution >= 4 is 5.91 Å². The minimum atomic E-state index is -0.0948. The highest BCUT2D eigenvalue weighted by atomic mass is 16.5. The SMILES string of the molecule is O=C(COc1ccc2c(c1)CCC2)N[C@H](CN1CCOCC1)c1ccccc1. The molecule has 0 saturated carbocycles. The van der Waals surface area contributed by atoms with E-state index in [1.54, 1.807) is 0 Å². The van der Waals surface area contributed by atoms with Crippen molar-refractivity contribution in [2.75, 3.05) is 39.5 Å². The van der Waals surface area contributed by atoms with E-state index in [1.165, 1.54) is 17.5 Å². The number of hydrogen-bond donors (Lipinski definition) is 1. The fourth-order valence-electron chi connectivity index (χ4n) is 3.98. The average Bonchev–Trinajstić information content (AvgIpc) is 3.21. The number of carbonyl (C=O) groups is 1. The van der Waals surface area contributed by atoms with Gasteiger partial charge in [0.1, 0.15) is 5.75 Å². The van der Waals surface area contributed by atoms with Gasteiger partial charge in [0.2, 0.25) is 0 Å². The summed E-state index contributed by atoms with van der Waals surface area (Å²) in [6, 6.07) is 16.3. The van der Waals surface area contributed by atoms with Crippen molar-refractivity contribution < 1.29 is 14.3 Å². The van der Waals surface area contributed by atoms with Gasteiger partial charge in [-0.3, -0.25) is 9.69 Å². The minimum absolute atomic E-state index is 0.0330. The van der Waals surface area contributed by atoms with Gasteiger partial charge in [-0.2, -0.15) is 0 Å². The second-order valence-electron chi connectivity index (χ2n) is 7.52. The molecule has 5 heteroatoms. The lowest BCUT2D eigenvalue weighted by atomic mass is 10.1. The third-order valence-corrected chi connectivity index (χ3v) is 5.52. The summed E-state index contributed by atoms with van der Waals surface area (Å²) in [4.78, 5) is 14.9. The first kappa shape index (κ1) is 19.0. The van der Waals surface area contributed by atoms with Crippen LogP contribution >= 0.6 is 0 Å². The van der Waals surface area contributed by atoms with E-state index in [4.69, 9.17) is 9.47 Å². The molecule has 1 fully saturated rings. The van der Waals surface area contributed by atoms with Crippen molar-refractivity contribution in [2.45, 2.75) is 25.3 Å². The van der Waals surface area contributed by atoms with Gasteiger partial charge in [-0.25, -0.2) is 0 Å². The second kappa shape index (κ2) is 9.22. The summed E-state index contributed by atoms with van der Waals surface area (Å²) in [6.45, 7) is 4.09. The molecule has 0 radical (unpaired) electrons. The fourth-order valence-corrected chi connectivity index (χ4v) is 3.98. The molecule has 0 bridgehead atoms. The predicted octanol–water partition coefficient (Wildman–Crippen LogP) is 2.74. The van der Waals surface area contributed by atoms with Crippen molar-refractivity contribution in [2.24, 2.45) is 0 Å². The highest BCUT2D eigenvalue weighted by Crippen LogP contribution is 2.26. The Morgan fingerprint density at radius 2 is 1.86 bits per heavy atom. The number of ether oxygens (including phenoxy) is 2. The standard InChI is InChI=1S/C23H28N2O3/c26-23(17-28-21-10-9-18-7-4-8-20(18)15-21)24-22(19-5-2-1-3-6-19)16-25-11-13-27-14-12-25/h1-3,5-6,9-10,15,22H,4,7-8,11-14,16-17H2,(H,24,26)/t22-/m1/s1. The summed E-state index contributed by atoms with van der Waals surface area (Å²) in [7, 11) is 0. The quantitative estimate of drug-likeness (QED) is 0.803. The zero-order chi connectivity index (χ0) is 19.2. The molecule has 5 nitrogen and oxygen atoms in total. The molecule has 148 valence electrons. The molecule has 4 rings (SSSR count). The smallest absolute Gasteiger partial charge is 0.258 e. The Balaban J connectivity index is 1.36. The van der Waals surface area contributed by atoms with Gasteiger partial charge in [-0.1, -0.05) is 36.4 Å². The molecule has 1 heterocycles. The topological polar surface area (TPSA) is 50.8 Å². The Bertz CT molecular complexity index is 788. The van der Waals surface area contributed by atoms with Crippen molar-refractivity contribution in [3.8, 4) is 5.75 Å². The first-order chi connectivity index (χ1) is 13.8. The van der Waals surface area contributed by atoms with Crippen LogP contribution in [-0.2, 0) is 22.4 Å². The monoisotopic (exact) mass is 380 g/mol. The number of benzene rings is 2.